The van der Waals surface area contributed by atoms with Crippen LogP contribution in [0.15, 0.2) is 48.5 Å². The number of rotatable bonds is 6. The Kier molecular flexibility index (Phi) is 6.74. The molecule has 12 heteroatoms. The van der Waals surface area contributed by atoms with E-state index >= 15 is 0 Å². The minimum absolute atomic E-state index is 0.00726. The SMILES string of the molecule is CS(=O)(=O)N1Cc2ccccc2C[C@@H]1C(=O)OCC(=O)Nc1ccc(OC(F)(F)F)cc1. The summed E-state index contributed by atoms with van der Waals surface area (Å²) in [6, 6.07) is 10.4. The van der Waals surface area contributed by atoms with Gasteiger partial charge in [-0.25, -0.2) is 8.42 Å². The fourth-order valence-corrected chi connectivity index (χ4v) is 4.21. The topological polar surface area (TPSA) is 102 Å². The highest BCUT2D eigenvalue weighted by atomic mass is 32.2. The Balaban J connectivity index is 1.60. The number of carbonyl (C=O) groups is 2. The van der Waals surface area contributed by atoms with Crippen LogP contribution < -0.4 is 10.1 Å². The Bertz CT molecular complexity index is 1100. The third kappa shape index (κ3) is 6.20. The summed E-state index contributed by atoms with van der Waals surface area (Å²) in [5.41, 5.74) is 1.74. The number of nitrogens with one attached hydrogen (secondary N) is 1. The summed E-state index contributed by atoms with van der Waals surface area (Å²) in [7, 11) is -3.73. The van der Waals surface area contributed by atoms with Crippen molar-refractivity contribution in [3.8, 4) is 5.75 Å². The largest absolute Gasteiger partial charge is 0.573 e. The first-order valence-electron chi connectivity index (χ1n) is 9.28. The molecule has 0 radical (unpaired) electrons. The number of halogens is 3. The number of alkyl halides is 3. The molecule has 1 aliphatic heterocycles. The van der Waals surface area contributed by atoms with Gasteiger partial charge in [-0.05, 0) is 35.4 Å². The Morgan fingerprint density at radius 2 is 1.72 bits per heavy atom. The van der Waals surface area contributed by atoms with Crippen LogP contribution in [0, 0.1) is 0 Å². The van der Waals surface area contributed by atoms with E-state index in [1.165, 1.54) is 12.1 Å². The Morgan fingerprint density at radius 3 is 2.31 bits per heavy atom. The monoisotopic (exact) mass is 472 g/mol. The van der Waals surface area contributed by atoms with Gasteiger partial charge in [0, 0.05) is 18.7 Å². The molecule has 0 saturated heterocycles. The third-order valence-corrected chi connectivity index (χ3v) is 5.86. The van der Waals surface area contributed by atoms with E-state index in [1.807, 2.05) is 0 Å². The van der Waals surface area contributed by atoms with Crippen LogP contribution in [0.25, 0.3) is 0 Å². The molecule has 1 atom stereocenters. The lowest BCUT2D eigenvalue weighted by atomic mass is 9.96. The quantitative estimate of drug-likeness (QED) is 0.648. The molecule has 0 saturated carbocycles. The highest BCUT2D eigenvalue weighted by molar-refractivity contribution is 7.88. The van der Waals surface area contributed by atoms with Crippen molar-refractivity contribution in [2.75, 3.05) is 18.2 Å². The maximum absolute atomic E-state index is 12.6. The van der Waals surface area contributed by atoms with E-state index in [-0.39, 0.29) is 18.7 Å². The number of nitrogens with zero attached hydrogens (tertiary/aromatic N) is 1. The highest BCUT2D eigenvalue weighted by Gasteiger charge is 2.38. The second kappa shape index (κ2) is 9.17. The van der Waals surface area contributed by atoms with Crippen LogP contribution in [0.4, 0.5) is 18.9 Å². The lowest BCUT2D eigenvalue weighted by Gasteiger charge is -2.33. The predicted octanol–water partition coefficient (Wildman–Crippen LogP) is 2.45. The maximum Gasteiger partial charge on any atom is 0.573 e. The van der Waals surface area contributed by atoms with Crippen LogP contribution in [0.3, 0.4) is 0 Å². The Morgan fingerprint density at radius 1 is 1.09 bits per heavy atom. The summed E-state index contributed by atoms with van der Waals surface area (Å²) < 4.78 is 70.6. The summed E-state index contributed by atoms with van der Waals surface area (Å²) >= 11 is 0. The zero-order valence-electron chi connectivity index (χ0n) is 16.8. The van der Waals surface area contributed by atoms with Crippen LogP contribution in [-0.4, -0.2) is 49.9 Å². The predicted molar refractivity (Wildman–Crippen MR) is 107 cm³/mol. The van der Waals surface area contributed by atoms with Gasteiger partial charge in [0.25, 0.3) is 5.91 Å². The normalized spacial score (nSPS) is 16.7. The van der Waals surface area contributed by atoms with Crippen LogP contribution in [0.2, 0.25) is 0 Å². The zero-order valence-corrected chi connectivity index (χ0v) is 17.6. The van der Waals surface area contributed by atoms with Gasteiger partial charge in [0.2, 0.25) is 10.0 Å². The number of hydrogen-bond donors (Lipinski definition) is 1. The van der Waals surface area contributed by atoms with Gasteiger partial charge in [0.1, 0.15) is 11.8 Å². The molecule has 2 aromatic carbocycles. The first kappa shape index (κ1) is 23.5. The molecule has 0 unspecified atom stereocenters. The van der Waals surface area contributed by atoms with Crippen LogP contribution in [0.1, 0.15) is 11.1 Å². The fourth-order valence-electron chi connectivity index (χ4n) is 3.22. The first-order valence-corrected chi connectivity index (χ1v) is 11.1. The number of carbonyl (C=O) groups excluding carboxylic acids is 2. The van der Waals surface area contributed by atoms with Gasteiger partial charge in [-0.2, -0.15) is 4.31 Å². The molecule has 2 aromatic rings. The van der Waals surface area contributed by atoms with E-state index in [0.29, 0.717) is 0 Å². The average molecular weight is 472 g/mol. The zero-order chi connectivity index (χ0) is 23.5. The van der Waals surface area contributed by atoms with E-state index in [1.54, 1.807) is 24.3 Å². The fraction of sp³-hybridized carbons (Fsp3) is 0.300. The number of anilines is 1. The van der Waals surface area contributed by atoms with Gasteiger partial charge in [0.15, 0.2) is 6.61 Å². The van der Waals surface area contributed by atoms with Crippen molar-refractivity contribution in [3.05, 3.63) is 59.7 Å². The van der Waals surface area contributed by atoms with E-state index in [2.05, 4.69) is 10.1 Å². The number of fused-ring (bicyclic) bond motifs is 1. The van der Waals surface area contributed by atoms with Crippen LogP contribution in [-0.2, 0) is 37.3 Å². The number of ether oxygens (including phenoxy) is 2. The maximum atomic E-state index is 12.6. The number of sulfonamides is 1. The molecular weight excluding hydrogens is 453 g/mol. The standard InChI is InChI=1S/C20H19F3N2O6S/c1-32(28,29)25-11-14-5-3-2-4-13(14)10-17(25)19(27)30-12-18(26)24-15-6-8-16(9-7-15)31-20(21,22)23/h2-9,17H,10-12H2,1H3,(H,24,26)/t17-/m1/s1. The van der Waals surface area contributed by atoms with Crippen molar-refractivity contribution in [2.45, 2.75) is 25.4 Å². The Hall–Kier alpha value is -3.12. The van der Waals surface area contributed by atoms with Crippen molar-refractivity contribution in [3.63, 3.8) is 0 Å². The molecule has 1 heterocycles. The minimum Gasteiger partial charge on any atom is -0.454 e. The summed E-state index contributed by atoms with van der Waals surface area (Å²) in [6.45, 7) is -0.692. The van der Waals surface area contributed by atoms with Gasteiger partial charge >= 0.3 is 12.3 Å². The number of hydrogen-bond acceptors (Lipinski definition) is 6. The van der Waals surface area contributed by atoms with Crippen molar-refractivity contribution in [2.24, 2.45) is 0 Å². The van der Waals surface area contributed by atoms with Crippen LogP contribution in [0.5, 0.6) is 5.75 Å². The average Bonchev–Trinajstić information content (AvgIpc) is 2.71. The Labute approximate surface area is 182 Å². The molecular formula is C20H19F3N2O6S. The van der Waals surface area contributed by atoms with Crippen molar-refractivity contribution >= 4 is 27.6 Å². The first-order chi connectivity index (χ1) is 14.9. The summed E-state index contributed by atoms with van der Waals surface area (Å²) in [6.07, 6.45) is -3.75. The van der Waals surface area contributed by atoms with Crippen LogP contribution >= 0.6 is 0 Å². The van der Waals surface area contributed by atoms with Gasteiger partial charge in [-0.1, -0.05) is 24.3 Å². The highest BCUT2D eigenvalue weighted by Crippen LogP contribution is 2.26. The number of esters is 1. The second-order valence-electron chi connectivity index (χ2n) is 7.02. The number of amides is 1. The van der Waals surface area contributed by atoms with Gasteiger partial charge in [0.05, 0.1) is 6.26 Å². The summed E-state index contributed by atoms with van der Waals surface area (Å²) in [5, 5.41) is 2.36. The van der Waals surface area contributed by atoms with Crippen molar-refractivity contribution in [1.29, 1.82) is 0 Å². The molecule has 1 aliphatic rings. The molecule has 1 N–H and O–H groups in total. The molecule has 172 valence electrons. The lowest BCUT2D eigenvalue weighted by molar-refractivity contribution is -0.274. The molecule has 8 nitrogen and oxygen atoms in total. The minimum atomic E-state index is -4.83. The molecule has 1 amide bonds. The van der Waals surface area contributed by atoms with E-state index in [0.717, 1.165) is 33.8 Å². The number of benzene rings is 2. The third-order valence-electron chi connectivity index (χ3n) is 4.62. The van der Waals surface area contributed by atoms with Gasteiger partial charge < -0.3 is 14.8 Å². The molecule has 0 fully saturated rings. The molecule has 0 aliphatic carbocycles. The van der Waals surface area contributed by atoms with Crippen molar-refractivity contribution < 1.29 is 40.7 Å². The van der Waals surface area contributed by atoms with E-state index in [9.17, 15) is 31.2 Å². The molecule has 0 spiro atoms. The molecule has 32 heavy (non-hydrogen) atoms. The lowest BCUT2D eigenvalue weighted by Crippen LogP contribution is -2.49. The second-order valence-corrected chi connectivity index (χ2v) is 8.96. The molecule has 0 aromatic heterocycles. The summed E-state index contributed by atoms with van der Waals surface area (Å²) in [4.78, 5) is 24.6. The molecule has 0 bridgehead atoms. The van der Waals surface area contributed by atoms with Gasteiger partial charge in [-0.3, -0.25) is 9.59 Å². The summed E-state index contributed by atoms with van der Waals surface area (Å²) in [5.74, 6) is -2.08. The molecule has 3 rings (SSSR count). The van der Waals surface area contributed by atoms with E-state index in [4.69, 9.17) is 4.74 Å². The smallest absolute Gasteiger partial charge is 0.454 e. The van der Waals surface area contributed by atoms with E-state index < -0.39 is 46.7 Å². The van der Waals surface area contributed by atoms with Gasteiger partial charge in [-0.15, -0.1) is 13.2 Å². The van der Waals surface area contributed by atoms with Crippen molar-refractivity contribution in [1.82, 2.24) is 4.31 Å².